The molecule has 6 heteroatoms. The topological polar surface area (TPSA) is 53.0 Å². The second-order valence-electron chi connectivity index (χ2n) is 5.57. The lowest BCUT2D eigenvalue weighted by Gasteiger charge is -2.34. The van der Waals surface area contributed by atoms with Gasteiger partial charge in [0, 0.05) is 49.7 Å². The van der Waals surface area contributed by atoms with E-state index in [1.165, 1.54) is 0 Å². The van der Waals surface area contributed by atoms with E-state index in [1.807, 2.05) is 18.2 Å². The van der Waals surface area contributed by atoms with Crippen LogP contribution in [0.15, 0.2) is 18.2 Å². The number of benzene rings is 1. The number of rotatable bonds is 7. The molecule has 5 nitrogen and oxygen atoms in total. The van der Waals surface area contributed by atoms with Gasteiger partial charge in [0.1, 0.15) is 5.75 Å². The number of ether oxygens (including phenoxy) is 1. The van der Waals surface area contributed by atoms with Crippen molar-refractivity contribution in [3.63, 3.8) is 0 Å². The minimum atomic E-state index is -0.716. The van der Waals surface area contributed by atoms with Crippen molar-refractivity contribution < 1.29 is 14.6 Å². The van der Waals surface area contributed by atoms with E-state index in [0.29, 0.717) is 0 Å². The molecule has 0 saturated carbocycles. The number of carbonyl (C=O) groups is 1. The number of nitrogens with zero attached hydrogens (tertiary/aromatic N) is 2. The van der Waals surface area contributed by atoms with Gasteiger partial charge in [0.25, 0.3) is 0 Å². The summed E-state index contributed by atoms with van der Waals surface area (Å²) in [6.45, 7) is 5.59. The number of halogens is 1. The van der Waals surface area contributed by atoms with Crippen molar-refractivity contribution in [1.29, 1.82) is 0 Å². The number of hydrogen-bond donors (Lipinski definition) is 1. The zero-order valence-corrected chi connectivity index (χ0v) is 13.7. The fourth-order valence-corrected chi connectivity index (χ4v) is 2.93. The first kappa shape index (κ1) is 17.1. The zero-order valence-electron chi connectivity index (χ0n) is 12.9. The molecule has 122 valence electrons. The van der Waals surface area contributed by atoms with E-state index in [9.17, 15) is 4.79 Å². The number of methoxy groups -OCH3 is 1. The Morgan fingerprint density at radius 2 is 1.95 bits per heavy atom. The molecule has 0 aromatic heterocycles. The molecule has 1 heterocycles. The third kappa shape index (κ3) is 5.16. The molecule has 1 saturated heterocycles. The molecule has 0 bridgehead atoms. The van der Waals surface area contributed by atoms with Crippen LogP contribution in [0.3, 0.4) is 0 Å². The predicted molar refractivity (Wildman–Crippen MR) is 86.6 cm³/mol. The van der Waals surface area contributed by atoms with Gasteiger partial charge in [-0.05, 0) is 31.2 Å². The van der Waals surface area contributed by atoms with Gasteiger partial charge < -0.3 is 14.7 Å². The van der Waals surface area contributed by atoms with Crippen molar-refractivity contribution in [3.8, 4) is 5.75 Å². The first-order valence-corrected chi connectivity index (χ1v) is 7.95. The molecule has 0 aliphatic carbocycles. The van der Waals surface area contributed by atoms with Crippen molar-refractivity contribution in [2.45, 2.75) is 19.4 Å². The Morgan fingerprint density at radius 1 is 1.27 bits per heavy atom. The van der Waals surface area contributed by atoms with E-state index < -0.39 is 5.97 Å². The summed E-state index contributed by atoms with van der Waals surface area (Å²) in [6.07, 6.45) is 0.970. The Bertz CT molecular complexity index is 502. The van der Waals surface area contributed by atoms with Gasteiger partial charge >= 0.3 is 5.97 Å². The molecule has 2 rings (SSSR count). The normalized spacial score (nSPS) is 16.6. The minimum absolute atomic E-state index is 0.250. The third-order valence-electron chi connectivity index (χ3n) is 3.97. The van der Waals surface area contributed by atoms with Crippen LogP contribution in [0.4, 0.5) is 0 Å². The lowest BCUT2D eigenvalue weighted by Crippen LogP contribution is -2.46. The highest BCUT2D eigenvalue weighted by molar-refractivity contribution is 6.30. The van der Waals surface area contributed by atoms with Crippen LogP contribution in [0.2, 0.25) is 5.02 Å². The fraction of sp³-hybridized carbons (Fsp3) is 0.562. The molecule has 1 aromatic carbocycles. The third-order valence-corrected chi connectivity index (χ3v) is 4.20. The Hall–Kier alpha value is -1.30. The highest BCUT2D eigenvalue weighted by Crippen LogP contribution is 2.24. The lowest BCUT2D eigenvalue weighted by atomic mass is 10.1. The number of hydrogen-bond acceptors (Lipinski definition) is 4. The quantitative estimate of drug-likeness (QED) is 0.833. The second-order valence-corrected chi connectivity index (χ2v) is 6.01. The summed E-state index contributed by atoms with van der Waals surface area (Å²) in [5.41, 5.74) is 1.11. The smallest absolute Gasteiger partial charge is 0.303 e. The molecule has 1 aliphatic rings. The lowest BCUT2D eigenvalue weighted by molar-refractivity contribution is -0.137. The van der Waals surface area contributed by atoms with Crippen molar-refractivity contribution >= 4 is 17.6 Å². The predicted octanol–water partition coefficient (Wildman–Crippen LogP) is 2.33. The van der Waals surface area contributed by atoms with Crippen LogP contribution in [-0.2, 0) is 11.3 Å². The fourth-order valence-electron chi connectivity index (χ4n) is 2.74. The maximum atomic E-state index is 10.5. The Labute approximate surface area is 136 Å². The van der Waals surface area contributed by atoms with Crippen LogP contribution < -0.4 is 4.74 Å². The molecule has 0 unspecified atom stereocenters. The van der Waals surface area contributed by atoms with Gasteiger partial charge in [0.05, 0.1) is 7.11 Å². The number of carboxylic acid groups (broad SMARTS) is 1. The number of aliphatic carboxylic acids is 1. The zero-order chi connectivity index (χ0) is 15.9. The van der Waals surface area contributed by atoms with Crippen LogP contribution >= 0.6 is 11.6 Å². The number of piperazine rings is 1. The minimum Gasteiger partial charge on any atom is -0.496 e. The van der Waals surface area contributed by atoms with Crippen LogP contribution in [-0.4, -0.2) is 60.7 Å². The summed E-state index contributed by atoms with van der Waals surface area (Å²) in [5, 5.41) is 9.40. The molecule has 22 heavy (non-hydrogen) atoms. The van der Waals surface area contributed by atoms with Crippen molar-refractivity contribution in [2.75, 3.05) is 39.8 Å². The first-order chi connectivity index (χ1) is 10.6. The maximum absolute atomic E-state index is 10.5. The SMILES string of the molecule is COc1ccc(Cl)cc1CN1CCN(CCCC(=O)O)CC1. The monoisotopic (exact) mass is 326 g/mol. The molecule has 0 amide bonds. The highest BCUT2D eigenvalue weighted by Gasteiger charge is 2.18. The van der Waals surface area contributed by atoms with Crippen molar-refractivity contribution in [2.24, 2.45) is 0 Å². The maximum Gasteiger partial charge on any atom is 0.303 e. The van der Waals surface area contributed by atoms with Crippen molar-refractivity contribution in [3.05, 3.63) is 28.8 Å². The molecular formula is C16H23ClN2O3. The van der Waals surface area contributed by atoms with Gasteiger partial charge in [-0.15, -0.1) is 0 Å². The van der Waals surface area contributed by atoms with E-state index in [4.69, 9.17) is 21.4 Å². The molecule has 0 radical (unpaired) electrons. The average molecular weight is 327 g/mol. The average Bonchev–Trinajstić information content (AvgIpc) is 2.49. The largest absolute Gasteiger partial charge is 0.496 e. The Morgan fingerprint density at radius 3 is 2.59 bits per heavy atom. The molecule has 1 fully saturated rings. The standard InChI is InChI=1S/C16H23ClN2O3/c1-22-15-5-4-14(17)11-13(15)12-19-9-7-18(8-10-19)6-2-3-16(20)21/h4-5,11H,2-3,6-10,12H2,1H3,(H,20,21). The highest BCUT2D eigenvalue weighted by atomic mass is 35.5. The summed E-state index contributed by atoms with van der Waals surface area (Å²) >= 11 is 6.07. The van der Waals surface area contributed by atoms with Gasteiger partial charge in [0.2, 0.25) is 0 Å². The summed E-state index contributed by atoms with van der Waals surface area (Å²) < 4.78 is 5.39. The molecule has 0 atom stereocenters. The summed E-state index contributed by atoms with van der Waals surface area (Å²) in [7, 11) is 1.67. The van der Waals surface area contributed by atoms with Crippen LogP contribution in [0.25, 0.3) is 0 Å². The number of carboxylic acids is 1. The summed E-state index contributed by atoms with van der Waals surface area (Å²) in [4.78, 5) is 15.2. The molecule has 0 spiro atoms. The molecular weight excluding hydrogens is 304 g/mol. The van der Waals surface area contributed by atoms with Gasteiger partial charge in [0.15, 0.2) is 0 Å². The van der Waals surface area contributed by atoms with Gasteiger partial charge in [-0.25, -0.2) is 0 Å². The van der Waals surface area contributed by atoms with Gasteiger partial charge in [-0.2, -0.15) is 0 Å². The van der Waals surface area contributed by atoms with E-state index in [1.54, 1.807) is 7.11 Å². The van der Waals surface area contributed by atoms with Crippen LogP contribution in [0.5, 0.6) is 5.75 Å². The van der Waals surface area contributed by atoms with Crippen LogP contribution in [0, 0.1) is 0 Å². The first-order valence-electron chi connectivity index (χ1n) is 7.57. The Balaban J connectivity index is 1.80. The summed E-state index contributed by atoms with van der Waals surface area (Å²) in [6, 6.07) is 5.70. The van der Waals surface area contributed by atoms with Gasteiger partial charge in [-0.3, -0.25) is 9.69 Å². The van der Waals surface area contributed by atoms with Crippen molar-refractivity contribution in [1.82, 2.24) is 9.80 Å². The summed E-state index contributed by atoms with van der Waals surface area (Å²) in [5.74, 6) is 0.153. The van der Waals surface area contributed by atoms with E-state index in [-0.39, 0.29) is 6.42 Å². The molecule has 1 aliphatic heterocycles. The van der Waals surface area contributed by atoms with E-state index >= 15 is 0 Å². The molecule has 1 aromatic rings. The van der Waals surface area contributed by atoms with Gasteiger partial charge in [-0.1, -0.05) is 11.6 Å². The Kier molecular flexibility index (Phi) is 6.49. The molecule has 1 N–H and O–H groups in total. The second kappa shape index (κ2) is 8.36. The van der Waals surface area contributed by atoms with E-state index in [0.717, 1.165) is 62.0 Å². The van der Waals surface area contributed by atoms with E-state index in [2.05, 4.69) is 9.80 Å². The van der Waals surface area contributed by atoms with Crippen LogP contribution in [0.1, 0.15) is 18.4 Å².